The highest BCUT2D eigenvalue weighted by molar-refractivity contribution is 5.56. The van der Waals surface area contributed by atoms with Crippen LogP contribution < -0.4 is 5.32 Å². The van der Waals surface area contributed by atoms with Crippen LogP contribution in [-0.2, 0) is 12.6 Å². The summed E-state index contributed by atoms with van der Waals surface area (Å²) in [6, 6.07) is 4.87. The Hall–Kier alpha value is -1.82. The van der Waals surface area contributed by atoms with E-state index in [1.807, 2.05) is 0 Å². The molecule has 3 nitrogen and oxygen atoms in total. The number of rotatable bonds is 6. The van der Waals surface area contributed by atoms with Crippen LogP contribution in [0.25, 0.3) is 11.3 Å². The zero-order valence-electron chi connectivity index (χ0n) is 11.7. The van der Waals surface area contributed by atoms with E-state index in [-0.39, 0.29) is 0 Å². The van der Waals surface area contributed by atoms with E-state index in [1.165, 1.54) is 18.3 Å². The van der Waals surface area contributed by atoms with Gasteiger partial charge in [-0.3, -0.25) is 0 Å². The number of hydrogen-bond acceptors (Lipinski definition) is 3. The largest absolute Gasteiger partial charge is 0.441 e. The van der Waals surface area contributed by atoms with E-state index in [9.17, 15) is 13.2 Å². The third-order valence-corrected chi connectivity index (χ3v) is 2.99. The van der Waals surface area contributed by atoms with Gasteiger partial charge < -0.3 is 9.73 Å². The fourth-order valence-electron chi connectivity index (χ4n) is 1.88. The van der Waals surface area contributed by atoms with Crippen molar-refractivity contribution in [3.8, 4) is 11.3 Å². The number of nitrogens with zero attached hydrogens (tertiary/aromatic N) is 1. The third-order valence-electron chi connectivity index (χ3n) is 2.99. The van der Waals surface area contributed by atoms with Gasteiger partial charge in [0, 0.05) is 18.5 Å². The maximum absolute atomic E-state index is 12.5. The van der Waals surface area contributed by atoms with Crippen LogP contribution in [-0.4, -0.2) is 18.1 Å². The molecular weight excluding hydrogens is 281 g/mol. The predicted molar refractivity (Wildman–Crippen MR) is 73.8 cm³/mol. The summed E-state index contributed by atoms with van der Waals surface area (Å²) >= 11 is 0. The summed E-state index contributed by atoms with van der Waals surface area (Å²) < 4.78 is 43.0. The fourth-order valence-corrected chi connectivity index (χ4v) is 1.88. The Bertz CT molecular complexity index is 561. The van der Waals surface area contributed by atoms with Crippen molar-refractivity contribution in [2.24, 2.45) is 0 Å². The molecule has 0 unspecified atom stereocenters. The van der Waals surface area contributed by atoms with E-state index in [0.717, 1.165) is 31.6 Å². The number of nitrogens with one attached hydrogen (secondary N) is 1. The van der Waals surface area contributed by atoms with Crippen LogP contribution in [0.4, 0.5) is 13.2 Å². The molecule has 1 N–H and O–H groups in total. The Morgan fingerprint density at radius 1 is 1.14 bits per heavy atom. The van der Waals surface area contributed by atoms with Gasteiger partial charge in [0.1, 0.15) is 0 Å². The smallest absolute Gasteiger partial charge is 0.416 e. The first kappa shape index (κ1) is 15.6. The first-order valence-corrected chi connectivity index (χ1v) is 6.83. The van der Waals surface area contributed by atoms with Crippen LogP contribution in [0.2, 0.25) is 0 Å². The molecule has 6 heteroatoms. The minimum absolute atomic E-state index is 0.481. The summed E-state index contributed by atoms with van der Waals surface area (Å²) in [5.74, 6) is 1.06. The van der Waals surface area contributed by atoms with Crippen molar-refractivity contribution in [3.63, 3.8) is 0 Å². The van der Waals surface area contributed by atoms with Gasteiger partial charge in [-0.1, -0.05) is 19.1 Å². The van der Waals surface area contributed by atoms with E-state index in [1.54, 1.807) is 0 Å². The normalized spacial score (nSPS) is 11.8. The molecule has 0 fully saturated rings. The second-order valence-electron chi connectivity index (χ2n) is 4.69. The molecule has 1 heterocycles. The van der Waals surface area contributed by atoms with Crippen molar-refractivity contribution < 1.29 is 17.6 Å². The highest BCUT2D eigenvalue weighted by Gasteiger charge is 2.30. The molecule has 2 aromatic rings. The molecule has 1 aromatic heterocycles. The minimum Gasteiger partial charge on any atom is -0.441 e. The number of benzene rings is 1. The summed E-state index contributed by atoms with van der Waals surface area (Å²) in [5.41, 5.74) is -0.0852. The Kier molecular flexibility index (Phi) is 5.01. The zero-order valence-corrected chi connectivity index (χ0v) is 11.7. The summed E-state index contributed by atoms with van der Waals surface area (Å²) in [7, 11) is 0. The lowest BCUT2D eigenvalue weighted by molar-refractivity contribution is -0.137. The van der Waals surface area contributed by atoms with Gasteiger partial charge in [0.2, 0.25) is 0 Å². The van der Waals surface area contributed by atoms with E-state index in [2.05, 4.69) is 17.2 Å². The molecule has 0 aliphatic rings. The van der Waals surface area contributed by atoms with Gasteiger partial charge in [0.05, 0.1) is 11.8 Å². The topological polar surface area (TPSA) is 38.1 Å². The number of aromatic nitrogens is 1. The summed E-state index contributed by atoms with van der Waals surface area (Å²) in [6.07, 6.45) is -1.07. The molecule has 0 amide bonds. The molecule has 0 spiro atoms. The van der Waals surface area contributed by atoms with E-state index >= 15 is 0 Å². The Morgan fingerprint density at radius 3 is 2.48 bits per heavy atom. The zero-order chi connectivity index (χ0) is 15.3. The van der Waals surface area contributed by atoms with Crippen LogP contribution >= 0.6 is 0 Å². The number of hydrogen-bond donors (Lipinski definition) is 1. The second kappa shape index (κ2) is 6.76. The minimum atomic E-state index is -4.32. The van der Waals surface area contributed by atoms with Crippen molar-refractivity contribution >= 4 is 0 Å². The fraction of sp³-hybridized carbons (Fsp3) is 0.400. The Morgan fingerprint density at radius 2 is 1.86 bits per heavy atom. The molecule has 0 radical (unpaired) electrons. The maximum Gasteiger partial charge on any atom is 0.416 e. The molecule has 0 atom stereocenters. The van der Waals surface area contributed by atoms with E-state index in [4.69, 9.17) is 4.42 Å². The lowest BCUT2D eigenvalue weighted by Gasteiger charge is -2.06. The van der Waals surface area contributed by atoms with Gasteiger partial charge >= 0.3 is 6.18 Å². The van der Waals surface area contributed by atoms with Crippen LogP contribution in [0, 0.1) is 0 Å². The lowest BCUT2D eigenvalue weighted by atomic mass is 10.1. The monoisotopic (exact) mass is 298 g/mol. The van der Waals surface area contributed by atoms with Gasteiger partial charge in [-0.05, 0) is 25.1 Å². The molecule has 0 aliphatic carbocycles. The number of oxazole rings is 1. The van der Waals surface area contributed by atoms with Gasteiger partial charge in [-0.15, -0.1) is 0 Å². The number of alkyl halides is 3. The molecule has 2 rings (SSSR count). The quantitative estimate of drug-likeness (QED) is 0.822. The van der Waals surface area contributed by atoms with Crippen molar-refractivity contribution in [1.29, 1.82) is 0 Å². The average molecular weight is 298 g/mol. The van der Waals surface area contributed by atoms with Crippen LogP contribution in [0.5, 0.6) is 0 Å². The van der Waals surface area contributed by atoms with Crippen molar-refractivity contribution in [3.05, 3.63) is 41.9 Å². The van der Waals surface area contributed by atoms with Crippen molar-refractivity contribution in [1.82, 2.24) is 10.3 Å². The SMILES string of the molecule is CCCNCCc1ncc(-c2ccc(C(F)(F)F)cc2)o1. The van der Waals surface area contributed by atoms with Crippen molar-refractivity contribution in [2.45, 2.75) is 25.9 Å². The lowest BCUT2D eigenvalue weighted by Crippen LogP contribution is -2.17. The highest BCUT2D eigenvalue weighted by atomic mass is 19.4. The molecule has 114 valence electrons. The standard InChI is InChI=1S/C15H17F3N2O/c1-2-8-19-9-7-14-20-10-13(21-14)11-3-5-12(6-4-11)15(16,17)18/h3-6,10,19H,2,7-9H2,1H3. The van der Waals surface area contributed by atoms with E-state index in [0.29, 0.717) is 23.6 Å². The van der Waals surface area contributed by atoms with Crippen molar-refractivity contribution in [2.75, 3.05) is 13.1 Å². The van der Waals surface area contributed by atoms with Gasteiger partial charge in [0.15, 0.2) is 11.7 Å². The molecule has 21 heavy (non-hydrogen) atoms. The summed E-state index contributed by atoms with van der Waals surface area (Å²) in [4.78, 5) is 4.13. The first-order chi connectivity index (χ1) is 10.0. The van der Waals surface area contributed by atoms with Crippen LogP contribution in [0.15, 0.2) is 34.9 Å². The second-order valence-corrected chi connectivity index (χ2v) is 4.69. The van der Waals surface area contributed by atoms with Crippen LogP contribution in [0.1, 0.15) is 24.8 Å². The molecular formula is C15H17F3N2O. The Labute approximate surface area is 121 Å². The molecule has 1 aromatic carbocycles. The van der Waals surface area contributed by atoms with Crippen LogP contribution in [0.3, 0.4) is 0 Å². The maximum atomic E-state index is 12.5. The average Bonchev–Trinajstić information content (AvgIpc) is 2.92. The van der Waals surface area contributed by atoms with Gasteiger partial charge in [-0.25, -0.2) is 4.98 Å². The third kappa shape index (κ3) is 4.32. The highest BCUT2D eigenvalue weighted by Crippen LogP contribution is 2.31. The molecule has 0 aliphatic heterocycles. The number of halogens is 3. The molecule has 0 bridgehead atoms. The first-order valence-electron chi connectivity index (χ1n) is 6.83. The summed E-state index contributed by atoms with van der Waals surface area (Å²) in [5, 5.41) is 3.23. The predicted octanol–water partition coefficient (Wildman–Crippen LogP) is 3.90. The van der Waals surface area contributed by atoms with E-state index < -0.39 is 11.7 Å². The van der Waals surface area contributed by atoms with Gasteiger partial charge in [0.25, 0.3) is 0 Å². The van der Waals surface area contributed by atoms with Gasteiger partial charge in [-0.2, -0.15) is 13.2 Å². The Balaban J connectivity index is 2.00. The molecule has 0 saturated carbocycles. The molecule has 0 saturated heterocycles. The summed E-state index contributed by atoms with van der Waals surface area (Å²) in [6.45, 7) is 3.79.